The molecule has 5 nitrogen and oxygen atoms in total. The number of hydrogen-bond acceptors (Lipinski definition) is 4. The second-order valence-corrected chi connectivity index (χ2v) is 5.78. The average molecular weight is 272 g/mol. The molecule has 0 saturated heterocycles. The fourth-order valence-electron chi connectivity index (χ4n) is 2.26. The van der Waals surface area contributed by atoms with Gasteiger partial charge in [0.25, 0.3) is 0 Å². The summed E-state index contributed by atoms with van der Waals surface area (Å²) < 4.78 is 7.13. The SMILES string of the molecule is COCCC(C)(C)Cn1c(N)nc2ccc(C#N)cc21. The molecule has 2 aromatic rings. The molecule has 2 rings (SSSR count). The van der Waals surface area contributed by atoms with Gasteiger partial charge in [0.15, 0.2) is 0 Å². The fraction of sp³-hybridized carbons (Fsp3) is 0.467. The van der Waals surface area contributed by atoms with E-state index in [0.717, 1.165) is 24.0 Å². The molecule has 0 saturated carbocycles. The van der Waals surface area contributed by atoms with Gasteiger partial charge in [0.2, 0.25) is 5.95 Å². The number of imidazole rings is 1. The number of nitrogens with two attached hydrogens (primary N) is 1. The third kappa shape index (κ3) is 2.91. The lowest BCUT2D eigenvalue weighted by Crippen LogP contribution is -2.22. The van der Waals surface area contributed by atoms with Crippen LogP contribution in [0.4, 0.5) is 5.95 Å². The Morgan fingerprint density at radius 3 is 2.85 bits per heavy atom. The van der Waals surface area contributed by atoms with Crippen molar-refractivity contribution in [3.8, 4) is 6.07 Å². The zero-order valence-electron chi connectivity index (χ0n) is 12.2. The number of benzene rings is 1. The van der Waals surface area contributed by atoms with Crippen LogP contribution in [0, 0.1) is 16.7 Å². The van der Waals surface area contributed by atoms with Gasteiger partial charge in [-0.3, -0.25) is 0 Å². The minimum absolute atomic E-state index is 0.0421. The Kier molecular flexibility index (Phi) is 3.96. The Labute approximate surface area is 119 Å². The van der Waals surface area contributed by atoms with Gasteiger partial charge < -0.3 is 15.0 Å². The summed E-state index contributed by atoms with van der Waals surface area (Å²) in [6, 6.07) is 7.58. The lowest BCUT2D eigenvalue weighted by molar-refractivity contribution is 0.143. The van der Waals surface area contributed by atoms with E-state index >= 15 is 0 Å². The molecular formula is C15H20N4O. The maximum absolute atomic E-state index is 9.02. The summed E-state index contributed by atoms with van der Waals surface area (Å²) in [5.41, 5.74) is 8.41. The van der Waals surface area contributed by atoms with Crippen LogP contribution in [0.5, 0.6) is 0 Å². The molecule has 1 aromatic carbocycles. The lowest BCUT2D eigenvalue weighted by Gasteiger charge is -2.25. The molecule has 20 heavy (non-hydrogen) atoms. The first-order chi connectivity index (χ1) is 9.46. The van der Waals surface area contributed by atoms with E-state index in [1.807, 2.05) is 16.7 Å². The van der Waals surface area contributed by atoms with Gasteiger partial charge in [-0.2, -0.15) is 5.26 Å². The quantitative estimate of drug-likeness (QED) is 0.907. The summed E-state index contributed by atoms with van der Waals surface area (Å²) in [6.45, 7) is 5.80. The number of ether oxygens (including phenoxy) is 1. The molecule has 1 heterocycles. The lowest BCUT2D eigenvalue weighted by atomic mass is 9.89. The van der Waals surface area contributed by atoms with E-state index in [-0.39, 0.29) is 5.41 Å². The molecule has 106 valence electrons. The minimum atomic E-state index is 0.0421. The number of anilines is 1. The molecule has 0 bridgehead atoms. The predicted molar refractivity (Wildman–Crippen MR) is 79.1 cm³/mol. The normalized spacial score (nSPS) is 11.7. The molecule has 0 radical (unpaired) electrons. The van der Waals surface area contributed by atoms with Gasteiger partial charge in [-0.05, 0) is 30.0 Å². The topological polar surface area (TPSA) is 76.9 Å². The highest BCUT2D eigenvalue weighted by molar-refractivity contribution is 5.79. The Balaban J connectivity index is 2.38. The van der Waals surface area contributed by atoms with Gasteiger partial charge in [0, 0.05) is 20.3 Å². The molecule has 0 spiro atoms. The number of nitrogen functional groups attached to an aromatic ring is 1. The average Bonchev–Trinajstić information content (AvgIpc) is 2.72. The Morgan fingerprint density at radius 1 is 1.45 bits per heavy atom. The van der Waals surface area contributed by atoms with Gasteiger partial charge in [-0.25, -0.2) is 4.98 Å². The van der Waals surface area contributed by atoms with Crippen LogP contribution in [-0.2, 0) is 11.3 Å². The van der Waals surface area contributed by atoms with Crippen molar-refractivity contribution in [2.75, 3.05) is 19.5 Å². The van der Waals surface area contributed by atoms with Gasteiger partial charge in [0.05, 0.1) is 22.7 Å². The second kappa shape index (κ2) is 5.51. The first kappa shape index (κ1) is 14.4. The highest BCUT2D eigenvalue weighted by Gasteiger charge is 2.21. The largest absolute Gasteiger partial charge is 0.385 e. The van der Waals surface area contributed by atoms with E-state index < -0.39 is 0 Å². The monoisotopic (exact) mass is 272 g/mol. The predicted octanol–water partition coefficient (Wildman–Crippen LogP) is 2.55. The van der Waals surface area contributed by atoms with Crippen molar-refractivity contribution in [3.63, 3.8) is 0 Å². The zero-order valence-corrected chi connectivity index (χ0v) is 12.2. The third-order valence-corrected chi connectivity index (χ3v) is 3.48. The van der Waals surface area contributed by atoms with Crippen molar-refractivity contribution >= 4 is 17.0 Å². The standard InChI is InChI=1S/C15H20N4O/c1-15(2,6-7-20-3)10-19-13-8-11(9-16)4-5-12(13)18-14(19)17/h4-5,8H,6-7,10H2,1-3H3,(H2,17,18). The number of nitrogens with zero attached hydrogens (tertiary/aromatic N) is 3. The first-order valence-corrected chi connectivity index (χ1v) is 6.62. The van der Waals surface area contributed by atoms with Crippen LogP contribution in [0.1, 0.15) is 25.8 Å². The molecule has 0 fully saturated rings. The maximum Gasteiger partial charge on any atom is 0.201 e. The Bertz CT molecular complexity index is 652. The summed E-state index contributed by atoms with van der Waals surface area (Å²) in [5.74, 6) is 0.487. The van der Waals surface area contributed by atoms with Crippen LogP contribution in [0.2, 0.25) is 0 Å². The number of fused-ring (bicyclic) bond motifs is 1. The van der Waals surface area contributed by atoms with Crippen LogP contribution < -0.4 is 5.73 Å². The maximum atomic E-state index is 9.02. The molecule has 0 unspecified atom stereocenters. The number of hydrogen-bond donors (Lipinski definition) is 1. The molecule has 0 aliphatic heterocycles. The van der Waals surface area contributed by atoms with Gasteiger partial charge in [-0.15, -0.1) is 0 Å². The highest BCUT2D eigenvalue weighted by Crippen LogP contribution is 2.28. The molecule has 5 heteroatoms. The summed E-state index contributed by atoms with van der Waals surface area (Å²) in [6.07, 6.45) is 0.931. The van der Waals surface area contributed by atoms with Crippen molar-refractivity contribution in [2.24, 2.45) is 5.41 Å². The van der Waals surface area contributed by atoms with Crippen molar-refractivity contribution in [1.29, 1.82) is 5.26 Å². The smallest absolute Gasteiger partial charge is 0.201 e. The van der Waals surface area contributed by atoms with E-state index in [1.54, 1.807) is 13.2 Å². The van der Waals surface area contributed by atoms with E-state index in [2.05, 4.69) is 24.9 Å². The number of rotatable bonds is 5. The molecule has 2 N–H and O–H groups in total. The number of aromatic nitrogens is 2. The van der Waals surface area contributed by atoms with E-state index in [0.29, 0.717) is 18.1 Å². The third-order valence-electron chi connectivity index (χ3n) is 3.48. The minimum Gasteiger partial charge on any atom is -0.385 e. The Hall–Kier alpha value is -2.06. The van der Waals surface area contributed by atoms with Crippen LogP contribution in [0.15, 0.2) is 18.2 Å². The van der Waals surface area contributed by atoms with Gasteiger partial charge in [0.1, 0.15) is 0 Å². The summed E-state index contributed by atoms with van der Waals surface area (Å²) in [7, 11) is 1.70. The Morgan fingerprint density at radius 2 is 2.20 bits per heavy atom. The van der Waals surface area contributed by atoms with Crippen LogP contribution in [0.3, 0.4) is 0 Å². The highest BCUT2D eigenvalue weighted by atomic mass is 16.5. The van der Waals surface area contributed by atoms with Crippen LogP contribution in [0.25, 0.3) is 11.0 Å². The molecule has 0 atom stereocenters. The molecule has 1 aromatic heterocycles. The summed E-state index contributed by atoms with van der Waals surface area (Å²) in [4.78, 5) is 4.35. The zero-order chi connectivity index (χ0) is 14.8. The molecule has 0 amide bonds. The number of methoxy groups -OCH3 is 1. The van der Waals surface area contributed by atoms with Crippen LogP contribution in [-0.4, -0.2) is 23.3 Å². The summed E-state index contributed by atoms with van der Waals surface area (Å²) in [5, 5.41) is 9.02. The van der Waals surface area contributed by atoms with Crippen molar-refractivity contribution < 1.29 is 4.74 Å². The fourth-order valence-corrected chi connectivity index (χ4v) is 2.26. The van der Waals surface area contributed by atoms with Gasteiger partial charge >= 0.3 is 0 Å². The molecule has 0 aliphatic carbocycles. The summed E-state index contributed by atoms with van der Waals surface area (Å²) >= 11 is 0. The van der Waals surface area contributed by atoms with Crippen LogP contribution >= 0.6 is 0 Å². The second-order valence-electron chi connectivity index (χ2n) is 5.78. The van der Waals surface area contributed by atoms with Gasteiger partial charge in [-0.1, -0.05) is 13.8 Å². The van der Waals surface area contributed by atoms with Crippen molar-refractivity contribution in [3.05, 3.63) is 23.8 Å². The van der Waals surface area contributed by atoms with E-state index in [1.165, 1.54) is 0 Å². The van der Waals surface area contributed by atoms with E-state index in [9.17, 15) is 0 Å². The first-order valence-electron chi connectivity index (χ1n) is 6.62. The molecule has 0 aliphatic rings. The van der Waals surface area contributed by atoms with Crippen molar-refractivity contribution in [1.82, 2.24) is 9.55 Å². The van der Waals surface area contributed by atoms with E-state index in [4.69, 9.17) is 15.7 Å². The number of nitriles is 1. The molecular weight excluding hydrogens is 252 g/mol. The van der Waals surface area contributed by atoms with Crippen molar-refractivity contribution in [2.45, 2.75) is 26.8 Å².